The molecule has 2 aromatic rings. The minimum Gasteiger partial charge on any atom is -0.476 e. The molecule has 212 valence electrons. The van der Waals surface area contributed by atoms with Crippen LogP contribution in [0.4, 0.5) is 13.2 Å². The van der Waals surface area contributed by atoms with E-state index < -0.39 is 24.1 Å². The summed E-state index contributed by atoms with van der Waals surface area (Å²) in [6.07, 6.45) is 6.87. The number of aryl methyl sites for hydroxylation is 1. The molecule has 0 aliphatic carbocycles. The third-order valence-electron chi connectivity index (χ3n) is 6.65. The van der Waals surface area contributed by atoms with Crippen LogP contribution in [0.1, 0.15) is 97.2 Å². The Labute approximate surface area is 223 Å². The molecular formula is C28H40F3N3O4. The van der Waals surface area contributed by atoms with Crippen molar-refractivity contribution in [2.45, 2.75) is 90.9 Å². The molecular weight excluding hydrogens is 499 g/mol. The van der Waals surface area contributed by atoms with Gasteiger partial charge in [0.1, 0.15) is 6.04 Å². The molecule has 1 aromatic heterocycles. The molecule has 1 aliphatic heterocycles. The fourth-order valence-corrected chi connectivity index (χ4v) is 4.40. The van der Waals surface area contributed by atoms with Crippen LogP contribution in [-0.2, 0) is 6.54 Å². The van der Waals surface area contributed by atoms with Crippen LogP contribution in [-0.4, -0.2) is 64.8 Å². The molecule has 1 aliphatic rings. The molecule has 38 heavy (non-hydrogen) atoms. The van der Waals surface area contributed by atoms with E-state index in [0.29, 0.717) is 16.7 Å². The van der Waals surface area contributed by atoms with Gasteiger partial charge < -0.3 is 19.4 Å². The first-order valence-corrected chi connectivity index (χ1v) is 13.2. The predicted octanol–water partition coefficient (Wildman–Crippen LogP) is 6.94. The summed E-state index contributed by atoms with van der Waals surface area (Å²) in [5, 5.41) is 12.3. The highest BCUT2D eigenvalue weighted by molar-refractivity contribution is 6.00. The standard InChI is InChI=1S/C16H13F3N2O4.C12H27N/c1-7-3-9(12-5-11(15(23)24)20-25-12)4-10-6-21(14(22)13(7)10)8(2)16(17,18)19;1-4-5-6-7-8-9-10-11-12-13(2)3/h3-5,8H,6H2,1-2H3,(H,23,24);4-12H2,1-3H3/t8-;/m0./s1. The number of hydrogen-bond acceptors (Lipinski definition) is 5. The molecule has 0 unspecified atom stereocenters. The molecule has 1 amide bonds. The number of alkyl halides is 3. The first-order chi connectivity index (χ1) is 17.9. The van der Waals surface area contributed by atoms with Gasteiger partial charge in [-0.2, -0.15) is 13.2 Å². The largest absolute Gasteiger partial charge is 0.476 e. The van der Waals surface area contributed by atoms with Crippen molar-refractivity contribution in [2.24, 2.45) is 0 Å². The van der Waals surface area contributed by atoms with E-state index in [9.17, 15) is 22.8 Å². The van der Waals surface area contributed by atoms with Crippen LogP contribution in [0.15, 0.2) is 22.7 Å². The number of carbonyl (C=O) groups is 2. The number of halogens is 3. The molecule has 0 fully saturated rings. The summed E-state index contributed by atoms with van der Waals surface area (Å²) in [6, 6.07) is 2.40. The number of carboxylic acid groups (broad SMARTS) is 1. The van der Waals surface area contributed by atoms with E-state index in [-0.39, 0.29) is 23.6 Å². The molecule has 7 nitrogen and oxygen atoms in total. The molecule has 0 radical (unpaired) electrons. The summed E-state index contributed by atoms with van der Waals surface area (Å²) < 4.78 is 43.8. The normalized spacial score (nSPS) is 13.9. The van der Waals surface area contributed by atoms with E-state index in [2.05, 4.69) is 31.1 Å². The van der Waals surface area contributed by atoms with Gasteiger partial charge in [0.2, 0.25) is 0 Å². The number of rotatable bonds is 12. The molecule has 0 saturated carbocycles. The molecule has 1 atom stereocenters. The second kappa shape index (κ2) is 14.3. The first kappa shape index (κ1) is 31.3. The van der Waals surface area contributed by atoms with E-state index in [0.717, 1.165) is 11.8 Å². The maximum Gasteiger partial charge on any atom is 0.408 e. The van der Waals surface area contributed by atoms with Crippen LogP contribution in [0, 0.1) is 6.92 Å². The van der Waals surface area contributed by atoms with Crippen molar-refractivity contribution < 1.29 is 32.4 Å². The second-order valence-electron chi connectivity index (χ2n) is 10.1. The highest BCUT2D eigenvalue weighted by Crippen LogP contribution is 2.35. The van der Waals surface area contributed by atoms with Crippen molar-refractivity contribution in [3.8, 4) is 11.3 Å². The van der Waals surface area contributed by atoms with Crippen molar-refractivity contribution in [2.75, 3.05) is 20.6 Å². The van der Waals surface area contributed by atoms with Crippen molar-refractivity contribution in [1.29, 1.82) is 0 Å². The van der Waals surface area contributed by atoms with Gasteiger partial charge in [0.05, 0.1) is 0 Å². The molecule has 3 rings (SSSR count). The van der Waals surface area contributed by atoms with Crippen LogP contribution in [0.2, 0.25) is 0 Å². The van der Waals surface area contributed by atoms with E-state index in [1.807, 2.05) is 0 Å². The molecule has 0 saturated heterocycles. The summed E-state index contributed by atoms with van der Waals surface area (Å²) in [5.74, 6) is -1.76. The number of carboxylic acids is 1. The zero-order chi connectivity index (χ0) is 28.5. The quantitative estimate of drug-likeness (QED) is 0.294. The van der Waals surface area contributed by atoms with Gasteiger partial charge >= 0.3 is 12.1 Å². The average Bonchev–Trinajstić information content (AvgIpc) is 3.45. The molecule has 10 heteroatoms. The molecule has 0 bridgehead atoms. The smallest absolute Gasteiger partial charge is 0.408 e. The van der Waals surface area contributed by atoms with Crippen LogP contribution < -0.4 is 0 Å². The number of hydrogen-bond donors (Lipinski definition) is 1. The summed E-state index contributed by atoms with van der Waals surface area (Å²) >= 11 is 0. The van der Waals surface area contributed by atoms with E-state index in [1.54, 1.807) is 13.0 Å². The maximum absolute atomic E-state index is 12.9. The zero-order valence-electron chi connectivity index (χ0n) is 23.0. The Hall–Kier alpha value is -2.88. The number of benzene rings is 1. The third-order valence-corrected chi connectivity index (χ3v) is 6.65. The highest BCUT2D eigenvalue weighted by atomic mass is 19.4. The Morgan fingerprint density at radius 3 is 2.24 bits per heavy atom. The zero-order valence-corrected chi connectivity index (χ0v) is 23.0. The summed E-state index contributed by atoms with van der Waals surface area (Å²) in [7, 11) is 4.31. The van der Waals surface area contributed by atoms with Gasteiger partial charge in [-0.05, 0) is 64.2 Å². The van der Waals surface area contributed by atoms with Crippen LogP contribution in [0.5, 0.6) is 0 Å². The van der Waals surface area contributed by atoms with Gasteiger partial charge in [-0.15, -0.1) is 0 Å². The minimum absolute atomic E-state index is 0.165. The van der Waals surface area contributed by atoms with Crippen LogP contribution in [0.3, 0.4) is 0 Å². The topological polar surface area (TPSA) is 86.9 Å². The predicted molar refractivity (Wildman–Crippen MR) is 140 cm³/mol. The molecule has 0 spiro atoms. The van der Waals surface area contributed by atoms with Gasteiger partial charge in [0, 0.05) is 23.7 Å². The van der Waals surface area contributed by atoms with Gasteiger partial charge in [-0.1, -0.05) is 57.0 Å². The summed E-state index contributed by atoms with van der Waals surface area (Å²) in [4.78, 5) is 26.3. The number of aromatic nitrogens is 1. The minimum atomic E-state index is -4.52. The number of aromatic carboxylic acids is 1. The molecule has 2 heterocycles. The Kier molecular flexibility index (Phi) is 11.8. The van der Waals surface area contributed by atoms with Crippen LogP contribution in [0.25, 0.3) is 11.3 Å². The van der Waals surface area contributed by atoms with Crippen molar-refractivity contribution in [3.05, 3.63) is 40.6 Å². The number of unbranched alkanes of at least 4 members (excludes halogenated alkanes) is 7. The Morgan fingerprint density at radius 2 is 1.71 bits per heavy atom. The van der Waals surface area contributed by atoms with E-state index in [1.165, 1.54) is 70.0 Å². The molecule has 1 aromatic carbocycles. The Morgan fingerprint density at radius 1 is 1.11 bits per heavy atom. The fraction of sp³-hybridized carbons (Fsp3) is 0.607. The van der Waals surface area contributed by atoms with Gasteiger partial charge in [0.25, 0.3) is 5.91 Å². The van der Waals surface area contributed by atoms with Gasteiger partial charge in [0.15, 0.2) is 11.5 Å². The first-order valence-electron chi connectivity index (χ1n) is 13.2. The Balaban J connectivity index is 0.000000332. The van der Waals surface area contributed by atoms with E-state index in [4.69, 9.17) is 9.63 Å². The fourth-order valence-electron chi connectivity index (χ4n) is 4.40. The van der Waals surface area contributed by atoms with Gasteiger partial charge in [-0.25, -0.2) is 4.79 Å². The van der Waals surface area contributed by atoms with Crippen LogP contribution >= 0.6 is 0 Å². The number of carbonyl (C=O) groups excluding carboxylic acids is 1. The lowest BCUT2D eigenvalue weighted by Crippen LogP contribution is -2.43. The number of fused-ring (bicyclic) bond motifs is 1. The number of nitrogens with zero attached hydrogens (tertiary/aromatic N) is 3. The van der Waals surface area contributed by atoms with Crippen molar-refractivity contribution in [3.63, 3.8) is 0 Å². The average molecular weight is 540 g/mol. The lowest BCUT2D eigenvalue weighted by Gasteiger charge is -2.26. The summed E-state index contributed by atoms with van der Waals surface area (Å²) in [5.41, 5.74) is 1.33. The highest BCUT2D eigenvalue weighted by Gasteiger charge is 2.45. The monoisotopic (exact) mass is 539 g/mol. The van der Waals surface area contributed by atoms with Crippen molar-refractivity contribution >= 4 is 11.9 Å². The SMILES string of the molecule is CCCCCCCCCCN(C)C.Cc1cc(-c2cc(C(=O)O)no2)cc2c1C(=O)N([C@@H](C)C(F)(F)F)C2. The lowest BCUT2D eigenvalue weighted by atomic mass is 9.99. The third kappa shape index (κ3) is 8.85. The van der Waals surface area contributed by atoms with Crippen molar-refractivity contribution in [1.82, 2.24) is 15.0 Å². The van der Waals surface area contributed by atoms with Gasteiger partial charge in [-0.3, -0.25) is 4.79 Å². The van der Waals surface area contributed by atoms with E-state index >= 15 is 0 Å². The second-order valence-corrected chi connectivity index (χ2v) is 10.1. The lowest BCUT2D eigenvalue weighted by molar-refractivity contribution is -0.172. The maximum atomic E-state index is 12.9. The Bertz CT molecular complexity index is 1070. The number of amides is 1. The summed E-state index contributed by atoms with van der Waals surface area (Å²) in [6.45, 7) is 5.90. The molecule has 1 N–H and O–H groups in total.